The van der Waals surface area contributed by atoms with Gasteiger partial charge < -0.3 is 21.1 Å². The Kier molecular flexibility index (Phi) is 7.21. The number of aliphatic imine (C=N–C) groups is 1. The number of likely N-dealkylation sites (tertiary alicyclic amines) is 1. The minimum atomic E-state index is -0.606. The molecule has 0 radical (unpaired) electrons. The number of aromatic hydroxyl groups is 1. The fourth-order valence-electron chi connectivity index (χ4n) is 2.90. The third-order valence-electron chi connectivity index (χ3n) is 4.24. The smallest absolute Gasteiger partial charge is 0.257 e. The van der Waals surface area contributed by atoms with E-state index in [1.54, 1.807) is 6.92 Å². The number of nitrogens with two attached hydrogens (primary N) is 1. The van der Waals surface area contributed by atoms with Crippen LogP contribution < -0.4 is 11.1 Å². The zero-order valence-corrected chi connectivity index (χ0v) is 17.3. The first kappa shape index (κ1) is 21.9. The van der Waals surface area contributed by atoms with Gasteiger partial charge in [0.25, 0.3) is 5.91 Å². The highest BCUT2D eigenvalue weighted by atomic mass is 35.5. The third kappa shape index (κ3) is 4.72. The van der Waals surface area contributed by atoms with Gasteiger partial charge in [-0.1, -0.05) is 31.9 Å². The maximum Gasteiger partial charge on any atom is 0.257 e. The fraction of sp³-hybridized carbons (Fsp3) is 0.400. The van der Waals surface area contributed by atoms with E-state index in [1.165, 1.54) is 17.4 Å². The quantitative estimate of drug-likeness (QED) is 0.663. The number of phenolic OH excluding ortho intramolecular Hbond substituents is 1. The summed E-state index contributed by atoms with van der Waals surface area (Å²) < 4.78 is 13.1. The van der Waals surface area contributed by atoms with Crippen LogP contribution in [0.1, 0.15) is 44.5 Å². The fourth-order valence-corrected chi connectivity index (χ4v) is 2.99. The Labute approximate surface area is 169 Å². The molecule has 1 aromatic carbocycles. The number of carbonyl (C=O) groups excluding carboxylic acids is 1. The average molecular weight is 409 g/mol. The number of phenols is 1. The second-order valence-corrected chi connectivity index (χ2v) is 7.17. The van der Waals surface area contributed by atoms with Crippen molar-refractivity contribution in [2.45, 2.75) is 40.2 Å². The normalized spacial score (nSPS) is 21.8. The van der Waals surface area contributed by atoms with Gasteiger partial charge >= 0.3 is 0 Å². The number of halogens is 2. The van der Waals surface area contributed by atoms with E-state index in [1.807, 2.05) is 6.92 Å². The molecule has 0 aromatic heterocycles. The molecule has 0 saturated carbocycles. The number of hydrogen-bond donors (Lipinski definition) is 3. The first-order valence-corrected chi connectivity index (χ1v) is 9.52. The number of rotatable bonds is 1. The Bertz CT molecular complexity index is 864. The summed E-state index contributed by atoms with van der Waals surface area (Å²) in [6.45, 7) is 8.43. The third-order valence-corrected chi connectivity index (χ3v) is 4.80. The summed E-state index contributed by atoms with van der Waals surface area (Å²) in [6.07, 6.45) is 1.25. The van der Waals surface area contributed by atoms with Crippen LogP contribution in [0.5, 0.6) is 5.75 Å². The molecule has 0 spiro atoms. The molecule has 2 aliphatic rings. The number of carbonyl (C=O) groups is 1. The predicted octanol–water partition coefficient (Wildman–Crippen LogP) is 3.48. The second kappa shape index (κ2) is 9.21. The molecule has 3 rings (SSSR count). The Balaban J connectivity index is 0.000000878. The molecule has 28 heavy (non-hydrogen) atoms. The molecule has 2 aliphatic heterocycles. The first-order valence-electron chi connectivity index (χ1n) is 9.15. The number of hydrogen-bond acceptors (Lipinski definition) is 5. The molecule has 6 nitrogen and oxygen atoms in total. The van der Waals surface area contributed by atoms with E-state index in [2.05, 4.69) is 24.2 Å². The van der Waals surface area contributed by atoms with E-state index >= 15 is 0 Å². The molecule has 0 bridgehead atoms. The highest BCUT2D eigenvalue weighted by molar-refractivity contribution is 6.43. The van der Waals surface area contributed by atoms with E-state index in [-0.39, 0.29) is 18.7 Å². The topological polar surface area (TPSA) is 91.0 Å². The lowest BCUT2D eigenvalue weighted by Crippen LogP contribution is -2.32. The Morgan fingerprint density at radius 3 is 2.64 bits per heavy atom. The lowest BCUT2D eigenvalue weighted by Gasteiger charge is -2.19. The lowest BCUT2D eigenvalue weighted by molar-refractivity contribution is 0.0790. The van der Waals surface area contributed by atoms with E-state index in [0.717, 1.165) is 23.4 Å². The van der Waals surface area contributed by atoms with Gasteiger partial charge in [-0.2, -0.15) is 0 Å². The Morgan fingerprint density at radius 1 is 1.43 bits per heavy atom. The molecule has 1 fully saturated rings. The van der Waals surface area contributed by atoms with Crippen LogP contribution in [0, 0.1) is 5.82 Å². The Morgan fingerprint density at radius 2 is 2.07 bits per heavy atom. The predicted molar refractivity (Wildman–Crippen MR) is 110 cm³/mol. The van der Waals surface area contributed by atoms with Crippen LogP contribution in [0.25, 0.3) is 0 Å². The molecule has 1 saturated heterocycles. The molecule has 0 aliphatic carbocycles. The van der Waals surface area contributed by atoms with Gasteiger partial charge in [0.15, 0.2) is 0 Å². The van der Waals surface area contributed by atoms with E-state index in [0.29, 0.717) is 16.6 Å². The summed E-state index contributed by atoms with van der Waals surface area (Å²) in [5.41, 5.74) is 8.43. The van der Waals surface area contributed by atoms with Gasteiger partial charge in [-0.15, -0.1) is 0 Å². The average Bonchev–Trinajstić information content (AvgIpc) is 3.01. The first-order chi connectivity index (χ1) is 13.2. The number of nitrogens with zero attached hydrogens (tertiary/aromatic N) is 2. The van der Waals surface area contributed by atoms with Crippen LogP contribution >= 0.6 is 11.6 Å². The van der Waals surface area contributed by atoms with Crippen LogP contribution in [-0.2, 0) is 0 Å². The van der Waals surface area contributed by atoms with Gasteiger partial charge in [0.05, 0.1) is 16.3 Å². The summed E-state index contributed by atoms with van der Waals surface area (Å²) in [6, 6.07) is 2.91. The zero-order valence-electron chi connectivity index (χ0n) is 16.5. The van der Waals surface area contributed by atoms with Gasteiger partial charge in [-0.25, -0.2) is 9.38 Å². The van der Waals surface area contributed by atoms with Gasteiger partial charge in [0, 0.05) is 36.5 Å². The van der Waals surface area contributed by atoms with Crippen molar-refractivity contribution in [1.82, 2.24) is 10.2 Å². The van der Waals surface area contributed by atoms with Gasteiger partial charge in [0.1, 0.15) is 17.4 Å². The second-order valence-electron chi connectivity index (χ2n) is 6.80. The van der Waals surface area contributed by atoms with Crippen molar-refractivity contribution in [3.63, 3.8) is 0 Å². The summed E-state index contributed by atoms with van der Waals surface area (Å²) in [5.74, 6) is -0.823. The van der Waals surface area contributed by atoms with Gasteiger partial charge in [-0.05, 0) is 26.0 Å². The van der Waals surface area contributed by atoms with Crippen LogP contribution in [0.2, 0.25) is 0 Å². The van der Waals surface area contributed by atoms with Crippen LogP contribution in [0.15, 0.2) is 45.3 Å². The van der Waals surface area contributed by atoms with Crippen molar-refractivity contribution in [2.75, 3.05) is 13.1 Å². The number of nitrogens with one attached hydrogen (secondary N) is 1. The van der Waals surface area contributed by atoms with Crippen molar-refractivity contribution in [2.24, 2.45) is 10.7 Å². The SMILES string of the molecule is CC1=N/C(=C2\CN(C(=O)c3ccc(F)cc3O)CC2N)NC(C)=C1Cl.CCC. The number of amides is 1. The van der Waals surface area contributed by atoms with E-state index < -0.39 is 23.5 Å². The molecule has 2 heterocycles. The molecule has 4 N–H and O–H groups in total. The molecule has 152 valence electrons. The van der Waals surface area contributed by atoms with Crippen LogP contribution in [-0.4, -0.2) is 40.8 Å². The molecule has 1 amide bonds. The van der Waals surface area contributed by atoms with Gasteiger partial charge in [0.2, 0.25) is 0 Å². The molecule has 8 heteroatoms. The van der Waals surface area contributed by atoms with E-state index in [4.69, 9.17) is 17.3 Å². The zero-order chi connectivity index (χ0) is 21.0. The largest absolute Gasteiger partial charge is 0.507 e. The summed E-state index contributed by atoms with van der Waals surface area (Å²) in [4.78, 5) is 18.5. The number of benzene rings is 1. The molecular weight excluding hydrogens is 383 g/mol. The Hall–Kier alpha value is -2.38. The van der Waals surface area contributed by atoms with Crippen LogP contribution in [0.3, 0.4) is 0 Å². The summed E-state index contributed by atoms with van der Waals surface area (Å²) >= 11 is 6.12. The highest BCUT2D eigenvalue weighted by Gasteiger charge is 2.33. The highest BCUT2D eigenvalue weighted by Crippen LogP contribution is 2.27. The van der Waals surface area contributed by atoms with Crippen molar-refractivity contribution in [1.29, 1.82) is 0 Å². The minimum absolute atomic E-state index is 0.0373. The monoisotopic (exact) mass is 408 g/mol. The molecule has 1 unspecified atom stereocenters. The summed E-state index contributed by atoms with van der Waals surface area (Å²) in [5, 5.41) is 13.5. The molecule has 1 aromatic rings. The van der Waals surface area contributed by atoms with Crippen molar-refractivity contribution < 1.29 is 14.3 Å². The maximum absolute atomic E-state index is 13.1. The standard InChI is InChI=1S/C17H18ClFN4O2.C3H8/c1-8-15(18)9(2)22-16(21-8)12-6-23(7-13(12)20)17(25)11-4-3-10(19)5-14(11)24;1-3-2/h3-5,13,21,24H,6-7,20H2,1-2H3;3H2,1-2H3/b16-12+;. The van der Waals surface area contributed by atoms with Gasteiger partial charge in [-0.3, -0.25) is 4.79 Å². The van der Waals surface area contributed by atoms with Crippen molar-refractivity contribution >= 4 is 23.2 Å². The lowest BCUT2D eigenvalue weighted by atomic mass is 10.1. The molecular formula is C20H26ClFN4O2. The maximum atomic E-state index is 13.1. The molecule has 1 atom stereocenters. The van der Waals surface area contributed by atoms with Crippen molar-refractivity contribution in [3.05, 3.63) is 51.7 Å². The summed E-state index contributed by atoms with van der Waals surface area (Å²) in [7, 11) is 0. The van der Waals surface area contributed by atoms with Crippen molar-refractivity contribution in [3.8, 4) is 5.75 Å². The number of allylic oxidation sites excluding steroid dienone is 2. The minimum Gasteiger partial charge on any atom is -0.507 e. The van der Waals surface area contributed by atoms with E-state index in [9.17, 15) is 14.3 Å². The van der Waals surface area contributed by atoms with Crippen LogP contribution in [0.4, 0.5) is 4.39 Å².